The molecule has 0 aromatic rings. The monoisotopic (exact) mass is 198 g/mol. The first-order valence-corrected chi connectivity index (χ1v) is 5.37. The first-order valence-electron chi connectivity index (χ1n) is 4.18. The Kier molecular flexibility index (Phi) is 3.89. The Morgan fingerprint density at radius 1 is 1.77 bits per heavy atom. The van der Waals surface area contributed by atoms with Gasteiger partial charge in [0, 0.05) is 25.4 Å². The SMILES string of the molecule is CSN1C=CC(CCC(N)=O)=CC1. The topological polar surface area (TPSA) is 46.3 Å². The number of amides is 1. The molecule has 1 aliphatic rings. The van der Waals surface area contributed by atoms with Crippen molar-refractivity contribution < 1.29 is 4.79 Å². The van der Waals surface area contributed by atoms with Crippen LogP contribution < -0.4 is 5.73 Å². The van der Waals surface area contributed by atoms with Crippen LogP contribution in [0.15, 0.2) is 23.9 Å². The number of nitrogens with zero attached hydrogens (tertiary/aromatic N) is 1. The molecule has 0 saturated carbocycles. The summed E-state index contributed by atoms with van der Waals surface area (Å²) in [5.41, 5.74) is 6.26. The Balaban J connectivity index is 2.34. The van der Waals surface area contributed by atoms with Gasteiger partial charge in [-0.3, -0.25) is 4.79 Å². The maximum absolute atomic E-state index is 10.5. The van der Waals surface area contributed by atoms with Crippen LogP contribution in [0.5, 0.6) is 0 Å². The van der Waals surface area contributed by atoms with Crippen LogP contribution in [-0.4, -0.2) is 23.0 Å². The van der Waals surface area contributed by atoms with E-state index in [1.165, 1.54) is 5.57 Å². The van der Waals surface area contributed by atoms with Crippen molar-refractivity contribution in [2.75, 3.05) is 12.8 Å². The summed E-state index contributed by atoms with van der Waals surface area (Å²) in [7, 11) is 0. The Morgan fingerprint density at radius 2 is 2.54 bits per heavy atom. The lowest BCUT2D eigenvalue weighted by molar-refractivity contribution is -0.117. The van der Waals surface area contributed by atoms with Gasteiger partial charge in [-0.25, -0.2) is 0 Å². The van der Waals surface area contributed by atoms with E-state index in [1.54, 1.807) is 11.9 Å². The zero-order chi connectivity index (χ0) is 9.68. The van der Waals surface area contributed by atoms with Crippen molar-refractivity contribution in [3.05, 3.63) is 23.9 Å². The van der Waals surface area contributed by atoms with Crippen LogP contribution in [0, 0.1) is 0 Å². The number of carbonyl (C=O) groups is 1. The molecule has 0 atom stereocenters. The van der Waals surface area contributed by atoms with Crippen molar-refractivity contribution >= 4 is 17.9 Å². The first-order chi connectivity index (χ1) is 6.22. The van der Waals surface area contributed by atoms with Gasteiger partial charge in [0.15, 0.2) is 0 Å². The van der Waals surface area contributed by atoms with E-state index in [0.717, 1.165) is 13.0 Å². The molecule has 0 bridgehead atoms. The molecule has 1 heterocycles. The van der Waals surface area contributed by atoms with Gasteiger partial charge >= 0.3 is 0 Å². The van der Waals surface area contributed by atoms with E-state index < -0.39 is 0 Å². The summed E-state index contributed by atoms with van der Waals surface area (Å²) < 4.78 is 2.12. The van der Waals surface area contributed by atoms with Gasteiger partial charge in [0.05, 0.1) is 0 Å². The van der Waals surface area contributed by atoms with E-state index in [2.05, 4.69) is 10.4 Å². The number of allylic oxidation sites excluding steroid dienone is 2. The van der Waals surface area contributed by atoms with E-state index in [-0.39, 0.29) is 5.91 Å². The fraction of sp³-hybridized carbons (Fsp3) is 0.444. The predicted molar refractivity (Wildman–Crippen MR) is 55.9 cm³/mol. The van der Waals surface area contributed by atoms with E-state index >= 15 is 0 Å². The Morgan fingerprint density at radius 3 is 3.00 bits per heavy atom. The maximum Gasteiger partial charge on any atom is 0.217 e. The molecular formula is C9H14N2OS. The second-order valence-electron chi connectivity index (χ2n) is 2.84. The van der Waals surface area contributed by atoms with Gasteiger partial charge in [0.25, 0.3) is 0 Å². The second-order valence-corrected chi connectivity index (χ2v) is 3.68. The minimum absolute atomic E-state index is 0.235. The summed E-state index contributed by atoms with van der Waals surface area (Å²) >= 11 is 1.68. The van der Waals surface area contributed by atoms with Crippen molar-refractivity contribution in [1.29, 1.82) is 0 Å². The maximum atomic E-state index is 10.5. The van der Waals surface area contributed by atoms with E-state index in [0.29, 0.717) is 6.42 Å². The molecule has 0 saturated heterocycles. The zero-order valence-corrected chi connectivity index (χ0v) is 8.51. The van der Waals surface area contributed by atoms with Crippen molar-refractivity contribution in [1.82, 2.24) is 4.31 Å². The summed E-state index contributed by atoms with van der Waals surface area (Å²) in [5.74, 6) is -0.235. The molecule has 4 heteroatoms. The smallest absolute Gasteiger partial charge is 0.217 e. The quantitative estimate of drug-likeness (QED) is 0.692. The molecule has 1 amide bonds. The lowest BCUT2D eigenvalue weighted by atomic mass is 10.1. The Hall–Kier alpha value is -0.900. The van der Waals surface area contributed by atoms with E-state index in [4.69, 9.17) is 5.73 Å². The van der Waals surface area contributed by atoms with Crippen LogP contribution in [0.4, 0.5) is 0 Å². The van der Waals surface area contributed by atoms with Crippen molar-refractivity contribution in [3.63, 3.8) is 0 Å². The summed E-state index contributed by atoms with van der Waals surface area (Å²) in [6, 6.07) is 0. The highest BCUT2D eigenvalue weighted by Gasteiger charge is 2.04. The molecule has 3 nitrogen and oxygen atoms in total. The third-order valence-corrected chi connectivity index (χ3v) is 2.62. The number of primary amides is 1. The van der Waals surface area contributed by atoms with Gasteiger partial charge in [-0.05, 0) is 18.1 Å². The van der Waals surface area contributed by atoms with E-state index in [1.807, 2.05) is 18.5 Å². The number of carbonyl (C=O) groups excluding carboxylic acids is 1. The fourth-order valence-electron chi connectivity index (χ4n) is 1.10. The third-order valence-electron chi connectivity index (χ3n) is 1.88. The number of rotatable bonds is 4. The largest absolute Gasteiger partial charge is 0.370 e. The summed E-state index contributed by atoms with van der Waals surface area (Å²) in [4.78, 5) is 10.5. The predicted octanol–water partition coefficient (Wildman–Crippen LogP) is 1.29. The molecule has 0 aromatic carbocycles. The number of nitrogens with two attached hydrogens (primary N) is 1. The molecule has 0 spiro atoms. The highest BCUT2D eigenvalue weighted by Crippen LogP contribution is 2.16. The van der Waals surface area contributed by atoms with Crippen molar-refractivity contribution in [2.45, 2.75) is 12.8 Å². The molecule has 0 aliphatic carbocycles. The van der Waals surface area contributed by atoms with Gasteiger partial charge in [-0.1, -0.05) is 18.0 Å². The van der Waals surface area contributed by atoms with Gasteiger partial charge in [0.2, 0.25) is 5.91 Å². The molecule has 13 heavy (non-hydrogen) atoms. The average Bonchev–Trinajstić information content (AvgIpc) is 2.15. The average molecular weight is 198 g/mol. The van der Waals surface area contributed by atoms with Crippen molar-refractivity contribution in [3.8, 4) is 0 Å². The molecule has 72 valence electrons. The van der Waals surface area contributed by atoms with E-state index in [9.17, 15) is 4.79 Å². The second kappa shape index (κ2) is 4.97. The van der Waals surface area contributed by atoms with Gasteiger partial charge in [-0.2, -0.15) is 0 Å². The minimum atomic E-state index is -0.235. The summed E-state index contributed by atoms with van der Waals surface area (Å²) in [6.07, 6.45) is 9.42. The van der Waals surface area contributed by atoms with Crippen LogP contribution in [-0.2, 0) is 4.79 Å². The lowest BCUT2D eigenvalue weighted by Gasteiger charge is -2.18. The van der Waals surface area contributed by atoms with Crippen LogP contribution in [0.3, 0.4) is 0 Å². The summed E-state index contributed by atoms with van der Waals surface area (Å²) in [5, 5.41) is 0. The Labute approximate surface area is 82.8 Å². The van der Waals surface area contributed by atoms with Crippen LogP contribution >= 0.6 is 11.9 Å². The highest BCUT2D eigenvalue weighted by atomic mass is 32.2. The Bertz CT molecular complexity index is 248. The number of hydrogen-bond acceptors (Lipinski definition) is 3. The molecular weight excluding hydrogens is 184 g/mol. The highest BCUT2D eigenvalue weighted by molar-refractivity contribution is 7.96. The molecule has 0 fully saturated rings. The zero-order valence-electron chi connectivity index (χ0n) is 7.69. The number of hydrogen-bond donors (Lipinski definition) is 1. The van der Waals surface area contributed by atoms with Gasteiger partial charge in [0.1, 0.15) is 0 Å². The molecule has 1 rings (SSSR count). The molecule has 2 N–H and O–H groups in total. The normalized spacial score (nSPS) is 15.8. The fourth-order valence-corrected chi connectivity index (χ4v) is 1.51. The lowest BCUT2D eigenvalue weighted by Crippen LogP contribution is -2.13. The standard InChI is InChI=1S/C9H14N2OS/c1-13-11-6-4-8(5-7-11)2-3-9(10)12/h4-6H,2-3,7H2,1H3,(H2,10,12). The third kappa shape index (κ3) is 3.55. The van der Waals surface area contributed by atoms with Crippen LogP contribution in [0.2, 0.25) is 0 Å². The van der Waals surface area contributed by atoms with Crippen molar-refractivity contribution in [2.24, 2.45) is 5.73 Å². The van der Waals surface area contributed by atoms with Crippen LogP contribution in [0.25, 0.3) is 0 Å². The van der Waals surface area contributed by atoms with Crippen LogP contribution in [0.1, 0.15) is 12.8 Å². The molecule has 0 radical (unpaired) electrons. The molecule has 0 aromatic heterocycles. The molecule has 0 unspecified atom stereocenters. The van der Waals surface area contributed by atoms with Gasteiger partial charge in [-0.15, -0.1) is 0 Å². The molecule has 1 aliphatic heterocycles. The van der Waals surface area contributed by atoms with Gasteiger partial charge < -0.3 is 10.0 Å². The first kappa shape index (κ1) is 10.2. The summed E-state index contributed by atoms with van der Waals surface area (Å²) in [6.45, 7) is 0.908. The minimum Gasteiger partial charge on any atom is -0.370 e.